The van der Waals surface area contributed by atoms with Gasteiger partial charge in [0.15, 0.2) is 6.61 Å². The number of carbonyl (C=O) groups excluding carboxylic acids is 3. The van der Waals surface area contributed by atoms with Crippen LogP contribution in [-0.4, -0.2) is 35.4 Å². The summed E-state index contributed by atoms with van der Waals surface area (Å²) in [6, 6.07) is 8.03. The molecule has 1 atom stereocenters. The number of nitrogens with one attached hydrogen (secondary N) is 2. The molecule has 0 saturated carbocycles. The van der Waals surface area contributed by atoms with Gasteiger partial charge in [-0.2, -0.15) is 0 Å². The van der Waals surface area contributed by atoms with Gasteiger partial charge in [-0.1, -0.05) is 32.0 Å². The summed E-state index contributed by atoms with van der Waals surface area (Å²) < 4.78 is 4.99. The first-order valence-corrected chi connectivity index (χ1v) is 9.22. The van der Waals surface area contributed by atoms with E-state index in [-0.39, 0.29) is 17.3 Å². The molecule has 1 aromatic heterocycles. The maximum Gasteiger partial charge on any atom is 0.329 e. The number of thiophene rings is 1. The Hall–Kier alpha value is -3.27. The molecule has 2 N–H and O–H groups in total. The Labute approximate surface area is 164 Å². The predicted molar refractivity (Wildman–Crippen MR) is 103 cm³/mol. The fourth-order valence-electron chi connectivity index (χ4n) is 2.27. The second-order valence-electron chi connectivity index (χ2n) is 6.10. The zero-order valence-electron chi connectivity index (χ0n) is 15.2. The molecule has 0 aliphatic heterocycles. The number of hydrogen-bond donors (Lipinski definition) is 2. The van der Waals surface area contributed by atoms with E-state index >= 15 is 0 Å². The summed E-state index contributed by atoms with van der Waals surface area (Å²) in [4.78, 5) is 47.2. The minimum atomic E-state index is -0.937. The molecule has 2 rings (SSSR count). The molecule has 2 aromatic rings. The molecule has 10 heteroatoms. The average molecular weight is 405 g/mol. The van der Waals surface area contributed by atoms with E-state index in [1.807, 2.05) is 0 Å². The number of rotatable bonds is 8. The second-order valence-corrected chi connectivity index (χ2v) is 7.05. The number of carbonyl (C=O) groups is 3. The summed E-state index contributed by atoms with van der Waals surface area (Å²) in [5.41, 5.74) is -0.273. The molecule has 0 aliphatic carbocycles. The van der Waals surface area contributed by atoms with Gasteiger partial charge in [-0.25, -0.2) is 4.79 Å². The maximum atomic E-state index is 12.3. The summed E-state index contributed by atoms with van der Waals surface area (Å²) in [5.74, 6) is -2.17. The van der Waals surface area contributed by atoms with Crippen molar-refractivity contribution in [3.63, 3.8) is 0 Å². The SMILES string of the molecule is CC(C)[C@H](NC(=O)c1cccs1)C(=O)OCC(=O)Nc1ccccc1[N+](=O)[O-]. The van der Waals surface area contributed by atoms with E-state index in [4.69, 9.17) is 4.74 Å². The molecule has 0 unspecified atom stereocenters. The van der Waals surface area contributed by atoms with E-state index in [1.54, 1.807) is 31.4 Å². The normalized spacial score (nSPS) is 11.5. The molecular formula is C18H19N3O6S. The van der Waals surface area contributed by atoms with Crippen molar-refractivity contribution in [1.29, 1.82) is 0 Å². The van der Waals surface area contributed by atoms with Crippen LogP contribution in [0.15, 0.2) is 41.8 Å². The van der Waals surface area contributed by atoms with Gasteiger partial charge in [0.25, 0.3) is 17.5 Å². The Kier molecular flexibility index (Phi) is 7.21. The molecule has 28 heavy (non-hydrogen) atoms. The number of nitro benzene ring substituents is 1. The van der Waals surface area contributed by atoms with Crippen LogP contribution in [0.5, 0.6) is 0 Å². The van der Waals surface area contributed by atoms with Crippen molar-refractivity contribution < 1.29 is 24.0 Å². The Morgan fingerprint density at radius 1 is 1.18 bits per heavy atom. The number of esters is 1. The molecule has 1 heterocycles. The van der Waals surface area contributed by atoms with Crippen LogP contribution >= 0.6 is 11.3 Å². The number of hydrogen-bond acceptors (Lipinski definition) is 7. The van der Waals surface area contributed by atoms with E-state index < -0.39 is 35.4 Å². The van der Waals surface area contributed by atoms with Crippen LogP contribution in [0.4, 0.5) is 11.4 Å². The van der Waals surface area contributed by atoms with Gasteiger partial charge in [-0.15, -0.1) is 11.3 Å². The van der Waals surface area contributed by atoms with Crippen LogP contribution in [0.3, 0.4) is 0 Å². The fourth-order valence-corrected chi connectivity index (χ4v) is 2.90. The van der Waals surface area contributed by atoms with Crippen molar-refractivity contribution >= 4 is 40.5 Å². The summed E-state index contributed by atoms with van der Waals surface area (Å²) in [6.45, 7) is 2.82. The number of amides is 2. The minimum Gasteiger partial charge on any atom is -0.454 e. The highest BCUT2D eigenvalue weighted by atomic mass is 32.1. The highest BCUT2D eigenvalue weighted by Gasteiger charge is 2.27. The third-order valence-electron chi connectivity index (χ3n) is 3.67. The minimum absolute atomic E-state index is 0.0000401. The van der Waals surface area contributed by atoms with E-state index in [2.05, 4.69) is 10.6 Å². The second kappa shape index (κ2) is 9.60. The van der Waals surface area contributed by atoms with Crippen LogP contribution in [-0.2, 0) is 14.3 Å². The molecule has 148 valence electrons. The van der Waals surface area contributed by atoms with Crippen LogP contribution in [0.25, 0.3) is 0 Å². The van der Waals surface area contributed by atoms with Gasteiger partial charge in [0.1, 0.15) is 11.7 Å². The monoisotopic (exact) mass is 405 g/mol. The van der Waals surface area contributed by atoms with E-state index in [0.717, 1.165) is 0 Å². The predicted octanol–water partition coefficient (Wildman–Crippen LogP) is 2.59. The number of anilines is 1. The Morgan fingerprint density at radius 3 is 2.50 bits per heavy atom. The summed E-state index contributed by atoms with van der Waals surface area (Å²) in [6.07, 6.45) is 0. The van der Waals surface area contributed by atoms with Crippen molar-refractivity contribution in [2.24, 2.45) is 5.92 Å². The van der Waals surface area contributed by atoms with E-state index in [9.17, 15) is 24.5 Å². The van der Waals surface area contributed by atoms with Crippen LogP contribution in [0, 0.1) is 16.0 Å². The quantitative estimate of drug-likeness (QED) is 0.395. The number of benzene rings is 1. The van der Waals surface area contributed by atoms with Crippen molar-refractivity contribution in [2.75, 3.05) is 11.9 Å². The number of nitrogens with zero attached hydrogens (tertiary/aromatic N) is 1. The van der Waals surface area contributed by atoms with Crippen LogP contribution < -0.4 is 10.6 Å². The lowest BCUT2D eigenvalue weighted by molar-refractivity contribution is -0.383. The molecule has 0 spiro atoms. The number of para-hydroxylation sites is 2. The molecule has 2 amide bonds. The lowest BCUT2D eigenvalue weighted by Crippen LogP contribution is -2.45. The highest BCUT2D eigenvalue weighted by Crippen LogP contribution is 2.23. The van der Waals surface area contributed by atoms with E-state index in [0.29, 0.717) is 4.88 Å². The molecule has 0 saturated heterocycles. The summed E-state index contributed by atoms with van der Waals surface area (Å²) in [5, 5.41) is 17.6. The lowest BCUT2D eigenvalue weighted by atomic mass is 10.0. The van der Waals surface area contributed by atoms with Crippen molar-refractivity contribution in [3.05, 3.63) is 56.8 Å². The Balaban J connectivity index is 1.94. The largest absolute Gasteiger partial charge is 0.454 e. The third-order valence-corrected chi connectivity index (χ3v) is 4.54. The molecule has 1 aromatic carbocycles. The topological polar surface area (TPSA) is 128 Å². The zero-order valence-corrected chi connectivity index (χ0v) is 16.0. The van der Waals surface area contributed by atoms with Crippen molar-refractivity contribution in [1.82, 2.24) is 5.32 Å². The molecule has 0 aliphatic rings. The van der Waals surface area contributed by atoms with Gasteiger partial charge >= 0.3 is 5.97 Å². The molecule has 0 radical (unpaired) electrons. The van der Waals surface area contributed by atoms with Gasteiger partial charge in [-0.05, 0) is 23.4 Å². The fraction of sp³-hybridized carbons (Fsp3) is 0.278. The highest BCUT2D eigenvalue weighted by molar-refractivity contribution is 7.12. The number of ether oxygens (including phenoxy) is 1. The average Bonchev–Trinajstić information content (AvgIpc) is 3.19. The van der Waals surface area contributed by atoms with Crippen molar-refractivity contribution in [2.45, 2.75) is 19.9 Å². The first-order chi connectivity index (χ1) is 13.3. The molecular weight excluding hydrogens is 386 g/mol. The first-order valence-electron chi connectivity index (χ1n) is 8.34. The van der Waals surface area contributed by atoms with Gasteiger partial charge < -0.3 is 15.4 Å². The lowest BCUT2D eigenvalue weighted by Gasteiger charge is -2.20. The zero-order chi connectivity index (χ0) is 20.7. The Morgan fingerprint density at radius 2 is 1.89 bits per heavy atom. The molecule has 9 nitrogen and oxygen atoms in total. The first kappa shape index (κ1) is 21.0. The number of nitro groups is 1. The van der Waals surface area contributed by atoms with Crippen LogP contribution in [0.2, 0.25) is 0 Å². The Bertz CT molecular complexity index is 866. The molecule has 0 bridgehead atoms. The van der Waals surface area contributed by atoms with Gasteiger partial charge in [0.2, 0.25) is 0 Å². The standard InChI is InChI=1S/C18H19N3O6S/c1-11(2)16(20-17(23)14-8-5-9-28-14)18(24)27-10-15(22)19-12-6-3-4-7-13(12)21(25)26/h3-9,11,16H,10H2,1-2H3,(H,19,22)(H,20,23)/t16-/m0/s1. The molecule has 0 fully saturated rings. The van der Waals surface area contributed by atoms with E-state index in [1.165, 1.54) is 35.6 Å². The smallest absolute Gasteiger partial charge is 0.329 e. The summed E-state index contributed by atoms with van der Waals surface area (Å²) >= 11 is 1.24. The maximum absolute atomic E-state index is 12.3. The third kappa shape index (κ3) is 5.61. The summed E-state index contributed by atoms with van der Waals surface area (Å²) in [7, 11) is 0. The van der Waals surface area contributed by atoms with Crippen LogP contribution in [0.1, 0.15) is 23.5 Å². The van der Waals surface area contributed by atoms with Crippen molar-refractivity contribution in [3.8, 4) is 0 Å². The van der Waals surface area contributed by atoms with Gasteiger partial charge in [0.05, 0.1) is 9.80 Å². The van der Waals surface area contributed by atoms with Gasteiger partial charge in [-0.3, -0.25) is 19.7 Å². The van der Waals surface area contributed by atoms with Gasteiger partial charge in [0, 0.05) is 6.07 Å².